The van der Waals surface area contributed by atoms with Crippen LogP contribution < -0.4 is 4.90 Å². The van der Waals surface area contributed by atoms with Crippen molar-refractivity contribution in [2.24, 2.45) is 0 Å². The summed E-state index contributed by atoms with van der Waals surface area (Å²) in [6, 6.07) is 62.5. The molecule has 0 N–H and O–H groups in total. The van der Waals surface area contributed by atoms with Gasteiger partial charge in [0, 0.05) is 53.3 Å². The van der Waals surface area contributed by atoms with Gasteiger partial charge in [-0.1, -0.05) is 115 Å². The lowest BCUT2D eigenvalue weighted by Gasteiger charge is -2.27. The van der Waals surface area contributed by atoms with E-state index in [2.05, 4.69) is 157 Å². The van der Waals surface area contributed by atoms with Gasteiger partial charge in [0.25, 0.3) is 0 Å². The molecule has 4 heteroatoms. The summed E-state index contributed by atoms with van der Waals surface area (Å²) < 4.78 is 15.5. The van der Waals surface area contributed by atoms with Crippen molar-refractivity contribution in [1.29, 1.82) is 0 Å². The first-order valence-corrected chi connectivity index (χ1v) is 18.3. The van der Waals surface area contributed by atoms with Gasteiger partial charge in [0.1, 0.15) is 22.3 Å². The molecule has 0 saturated carbocycles. The topological polar surface area (TPSA) is 29.5 Å². The molecule has 3 nitrogen and oxygen atoms in total. The summed E-state index contributed by atoms with van der Waals surface area (Å²) in [5, 5.41) is 7.05. The predicted molar refractivity (Wildman–Crippen MR) is 219 cm³/mol. The molecular weight excluding hydrogens is 655 g/mol. The van der Waals surface area contributed by atoms with Crippen molar-refractivity contribution < 1.29 is 8.83 Å². The van der Waals surface area contributed by atoms with Gasteiger partial charge >= 0.3 is 0 Å². The van der Waals surface area contributed by atoms with Crippen LogP contribution in [0.3, 0.4) is 0 Å². The Morgan fingerprint density at radius 2 is 1.06 bits per heavy atom. The first kappa shape index (κ1) is 29.1. The van der Waals surface area contributed by atoms with Gasteiger partial charge < -0.3 is 13.7 Å². The van der Waals surface area contributed by atoms with Gasteiger partial charge in [-0.15, -0.1) is 11.3 Å². The van der Waals surface area contributed by atoms with E-state index >= 15 is 0 Å². The third-order valence-electron chi connectivity index (χ3n) is 10.3. The largest absolute Gasteiger partial charge is 0.456 e. The summed E-state index contributed by atoms with van der Waals surface area (Å²) in [6.07, 6.45) is 0. The lowest BCUT2D eigenvalue weighted by Crippen LogP contribution is -2.10. The fraction of sp³-hybridized carbons (Fsp3) is 0. The average molecular weight is 684 g/mol. The maximum atomic E-state index is 6.48. The van der Waals surface area contributed by atoms with Crippen LogP contribution in [0.25, 0.3) is 86.3 Å². The van der Waals surface area contributed by atoms with Crippen LogP contribution in [0.4, 0.5) is 17.1 Å². The Morgan fingerprint density at radius 3 is 1.94 bits per heavy atom. The molecule has 11 rings (SSSR count). The molecular formula is C48H29NO2S. The Balaban J connectivity index is 1.08. The fourth-order valence-corrected chi connectivity index (χ4v) is 9.01. The molecule has 244 valence electrons. The minimum atomic E-state index is 0.861. The van der Waals surface area contributed by atoms with E-state index in [1.165, 1.54) is 31.3 Å². The van der Waals surface area contributed by atoms with Crippen molar-refractivity contribution in [2.45, 2.75) is 0 Å². The van der Waals surface area contributed by atoms with E-state index in [0.717, 1.165) is 72.1 Å². The normalized spacial score (nSPS) is 11.8. The van der Waals surface area contributed by atoms with Gasteiger partial charge in [0.05, 0.1) is 11.1 Å². The molecule has 0 amide bonds. The number of anilines is 3. The van der Waals surface area contributed by atoms with Gasteiger partial charge in [0.2, 0.25) is 0 Å². The van der Waals surface area contributed by atoms with Crippen LogP contribution in [0.15, 0.2) is 185 Å². The Morgan fingerprint density at radius 1 is 0.385 bits per heavy atom. The third-order valence-corrected chi connectivity index (χ3v) is 11.4. The molecule has 3 heterocycles. The summed E-state index contributed by atoms with van der Waals surface area (Å²) in [5.41, 5.74) is 11.2. The maximum absolute atomic E-state index is 6.48. The van der Waals surface area contributed by atoms with E-state index in [4.69, 9.17) is 8.83 Å². The Hall–Kier alpha value is -6.62. The summed E-state index contributed by atoms with van der Waals surface area (Å²) in [4.78, 5) is 2.35. The molecule has 0 radical (unpaired) electrons. The first-order valence-electron chi connectivity index (χ1n) is 17.5. The molecule has 0 fully saturated rings. The zero-order valence-electron chi connectivity index (χ0n) is 27.9. The Kier molecular flexibility index (Phi) is 6.42. The molecule has 11 aromatic rings. The van der Waals surface area contributed by atoms with Crippen molar-refractivity contribution in [3.05, 3.63) is 176 Å². The van der Waals surface area contributed by atoms with Gasteiger partial charge in [0.15, 0.2) is 0 Å². The second kappa shape index (κ2) is 11.5. The summed E-state index contributed by atoms with van der Waals surface area (Å²) in [5.74, 6) is 0. The van der Waals surface area contributed by atoms with Crippen molar-refractivity contribution in [3.63, 3.8) is 0 Å². The van der Waals surface area contributed by atoms with Crippen LogP contribution >= 0.6 is 11.3 Å². The summed E-state index contributed by atoms with van der Waals surface area (Å²) >= 11 is 1.85. The van der Waals surface area contributed by atoms with Crippen LogP contribution in [0, 0.1) is 0 Å². The highest BCUT2D eigenvalue weighted by Crippen LogP contribution is 2.45. The summed E-state index contributed by atoms with van der Waals surface area (Å²) in [6.45, 7) is 0. The highest BCUT2D eigenvalue weighted by molar-refractivity contribution is 7.25. The molecule has 8 aromatic carbocycles. The van der Waals surface area contributed by atoms with Crippen molar-refractivity contribution in [2.75, 3.05) is 4.90 Å². The van der Waals surface area contributed by atoms with Crippen LogP contribution in [0.2, 0.25) is 0 Å². The second-order valence-corrected chi connectivity index (χ2v) is 14.4. The molecule has 0 aliphatic carbocycles. The number of hydrogen-bond donors (Lipinski definition) is 0. The lowest BCUT2D eigenvalue weighted by atomic mass is 10.0. The first-order chi connectivity index (χ1) is 25.8. The van der Waals surface area contributed by atoms with Gasteiger partial charge in [-0.3, -0.25) is 0 Å². The van der Waals surface area contributed by atoms with Crippen molar-refractivity contribution in [1.82, 2.24) is 0 Å². The van der Waals surface area contributed by atoms with E-state index < -0.39 is 0 Å². The number of benzene rings is 8. The van der Waals surface area contributed by atoms with Crippen LogP contribution in [0.5, 0.6) is 0 Å². The molecule has 0 spiro atoms. The molecule has 3 aromatic heterocycles. The molecule has 52 heavy (non-hydrogen) atoms. The number of para-hydroxylation sites is 3. The molecule has 0 aliphatic heterocycles. The van der Waals surface area contributed by atoms with Crippen LogP contribution in [-0.4, -0.2) is 0 Å². The number of nitrogens with zero attached hydrogens (tertiary/aromatic N) is 1. The van der Waals surface area contributed by atoms with E-state index in [-0.39, 0.29) is 0 Å². The highest BCUT2D eigenvalue weighted by atomic mass is 32.1. The number of hydrogen-bond acceptors (Lipinski definition) is 4. The quantitative estimate of drug-likeness (QED) is 0.181. The van der Waals surface area contributed by atoms with Gasteiger partial charge in [-0.2, -0.15) is 0 Å². The SMILES string of the molecule is c1cc(-c2cccc3c2oc2ccccc23)cc(N(c2ccc(-c3ccc4c(c3)sc3ccccc34)cc2)c2cccc3oc4ccccc4c23)c1. The molecule has 0 bridgehead atoms. The highest BCUT2D eigenvalue weighted by Gasteiger charge is 2.21. The molecule has 0 atom stereocenters. The number of fused-ring (bicyclic) bond motifs is 9. The maximum Gasteiger partial charge on any atom is 0.143 e. The zero-order valence-corrected chi connectivity index (χ0v) is 28.7. The van der Waals surface area contributed by atoms with E-state index in [1.807, 2.05) is 35.6 Å². The monoisotopic (exact) mass is 683 g/mol. The van der Waals surface area contributed by atoms with Gasteiger partial charge in [-0.25, -0.2) is 0 Å². The van der Waals surface area contributed by atoms with E-state index in [1.54, 1.807) is 0 Å². The number of rotatable bonds is 5. The lowest BCUT2D eigenvalue weighted by molar-refractivity contribution is 0.669. The molecule has 0 unspecified atom stereocenters. The van der Waals surface area contributed by atoms with E-state index in [9.17, 15) is 0 Å². The standard InChI is InChI=1S/C48H29NO2S/c1-4-18-42-36(12-1)39-16-8-15-35(48(39)51-42)32-10-7-11-34(28-32)49(41-17-9-20-44-47(41)40-14-2-5-19-43(40)50-44)33-25-22-30(23-26-33)31-24-27-38-37-13-3-6-21-45(37)52-46(38)29-31/h1-29H. The fourth-order valence-electron chi connectivity index (χ4n) is 7.86. The van der Waals surface area contributed by atoms with Crippen molar-refractivity contribution in [3.8, 4) is 22.3 Å². The zero-order chi connectivity index (χ0) is 34.2. The minimum absolute atomic E-state index is 0.861. The predicted octanol–water partition coefficient (Wildman–Crippen LogP) is 14.7. The van der Waals surface area contributed by atoms with Crippen molar-refractivity contribution >= 4 is 92.4 Å². The van der Waals surface area contributed by atoms with Gasteiger partial charge in [-0.05, 0) is 77.4 Å². The van der Waals surface area contributed by atoms with Crippen LogP contribution in [0.1, 0.15) is 0 Å². The summed E-state index contributed by atoms with van der Waals surface area (Å²) in [7, 11) is 0. The van der Waals surface area contributed by atoms with E-state index in [0.29, 0.717) is 0 Å². The minimum Gasteiger partial charge on any atom is -0.456 e. The molecule has 0 aliphatic rings. The second-order valence-electron chi connectivity index (χ2n) is 13.3. The Bertz CT molecular complexity index is 3150. The smallest absolute Gasteiger partial charge is 0.143 e. The number of furan rings is 2. The van der Waals surface area contributed by atoms with Crippen LogP contribution in [-0.2, 0) is 0 Å². The average Bonchev–Trinajstić information content (AvgIpc) is 3.90. The molecule has 0 saturated heterocycles. The third kappa shape index (κ3) is 4.51. The number of thiophene rings is 1. The Labute approximate surface area is 303 Å².